The zero-order valence-electron chi connectivity index (χ0n) is 9.89. The van der Waals surface area contributed by atoms with Gasteiger partial charge in [-0.3, -0.25) is 0 Å². The van der Waals surface area contributed by atoms with Crippen LogP contribution < -0.4 is 5.43 Å². The van der Waals surface area contributed by atoms with Gasteiger partial charge in [0.25, 0.3) is 0 Å². The second-order valence-electron chi connectivity index (χ2n) is 4.46. The van der Waals surface area contributed by atoms with E-state index in [1.165, 1.54) is 22.6 Å². The molecule has 17 heavy (non-hydrogen) atoms. The van der Waals surface area contributed by atoms with Gasteiger partial charge in [-0.2, -0.15) is 0 Å². The van der Waals surface area contributed by atoms with Crippen LogP contribution in [0, 0.1) is 0 Å². The molecule has 0 bridgehead atoms. The monoisotopic (exact) mass is 250 g/mol. The van der Waals surface area contributed by atoms with Gasteiger partial charge in [-0.25, -0.2) is 10.4 Å². The minimum absolute atomic E-state index is 0.477. The second-order valence-corrected chi connectivity index (χ2v) is 5.59. The number of fused-ring (bicyclic) bond motifs is 1. The Morgan fingerprint density at radius 1 is 1.24 bits per heavy atom. The molecule has 0 saturated carbocycles. The van der Waals surface area contributed by atoms with Gasteiger partial charge >= 0.3 is 0 Å². The molecule has 1 aromatic carbocycles. The van der Waals surface area contributed by atoms with E-state index in [1.807, 2.05) is 11.8 Å². The molecular weight excluding hydrogens is 232 g/mol. The van der Waals surface area contributed by atoms with Crippen molar-refractivity contribution in [1.29, 1.82) is 0 Å². The van der Waals surface area contributed by atoms with Crippen LogP contribution in [0.15, 0.2) is 29.2 Å². The van der Waals surface area contributed by atoms with Crippen LogP contribution in [-0.2, 0) is 4.74 Å². The molecule has 3 rings (SSSR count). The van der Waals surface area contributed by atoms with Gasteiger partial charge in [-0.15, -0.1) is 11.8 Å². The summed E-state index contributed by atoms with van der Waals surface area (Å²) < 4.78 is 5.37. The van der Waals surface area contributed by atoms with Crippen molar-refractivity contribution < 1.29 is 4.74 Å². The molecule has 0 radical (unpaired) electrons. The topological polar surface area (TPSA) is 24.5 Å². The van der Waals surface area contributed by atoms with Crippen LogP contribution in [0.5, 0.6) is 0 Å². The van der Waals surface area contributed by atoms with Gasteiger partial charge in [-0.1, -0.05) is 18.2 Å². The number of nitrogens with one attached hydrogen (secondary N) is 1. The van der Waals surface area contributed by atoms with Gasteiger partial charge in [-0.05, 0) is 23.8 Å². The van der Waals surface area contributed by atoms with E-state index in [1.54, 1.807) is 0 Å². The fraction of sp³-hybridized carbons (Fsp3) is 0.538. The minimum atomic E-state index is 0.477. The fourth-order valence-electron chi connectivity index (χ4n) is 2.39. The molecule has 2 aliphatic heterocycles. The molecule has 2 aliphatic rings. The normalized spacial score (nSPS) is 25.5. The summed E-state index contributed by atoms with van der Waals surface area (Å²) in [4.78, 5) is 1.43. The van der Waals surface area contributed by atoms with Crippen LogP contribution in [0.2, 0.25) is 0 Å². The number of hydrogen-bond donors (Lipinski definition) is 1. The lowest BCUT2D eigenvalue weighted by Crippen LogP contribution is -2.47. The van der Waals surface area contributed by atoms with E-state index in [4.69, 9.17) is 4.74 Å². The lowest BCUT2D eigenvalue weighted by Gasteiger charge is -2.34. The van der Waals surface area contributed by atoms with Crippen molar-refractivity contribution in [3.05, 3.63) is 29.8 Å². The summed E-state index contributed by atoms with van der Waals surface area (Å²) in [6.07, 6.45) is 1.21. The third-order valence-electron chi connectivity index (χ3n) is 3.31. The van der Waals surface area contributed by atoms with E-state index < -0.39 is 0 Å². The molecule has 0 amide bonds. The number of hydrazine groups is 1. The number of morpholine rings is 1. The Kier molecular flexibility index (Phi) is 3.66. The van der Waals surface area contributed by atoms with Crippen LogP contribution in [0.1, 0.15) is 18.0 Å². The first-order valence-corrected chi connectivity index (χ1v) is 7.22. The molecule has 3 nitrogen and oxygen atoms in total. The minimum Gasteiger partial charge on any atom is -0.379 e. The Morgan fingerprint density at radius 3 is 2.94 bits per heavy atom. The molecule has 1 unspecified atom stereocenters. The zero-order chi connectivity index (χ0) is 11.5. The van der Waals surface area contributed by atoms with Crippen molar-refractivity contribution in [1.82, 2.24) is 10.4 Å². The van der Waals surface area contributed by atoms with Crippen LogP contribution in [-0.4, -0.2) is 37.1 Å². The molecular formula is C13H18N2OS. The molecule has 0 aliphatic carbocycles. The molecule has 1 saturated heterocycles. The molecule has 4 heteroatoms. The first-order valence-electron chi connectivity index (χ1n) is 6.24. The summed E-state index contributed by atoms with van der Waals surface area (Å²) in [6, 6.07) is 9.22. The standard InChI is InChI=1S/C13H18N2OS/c1-2-4-13-11(3-1)12(5-10-17-13)14-15-6-8-16-9-7-15/h1-4,12,14H,5-10H2. The maximum atomic E-state index is 5.37. The molecule has 92 valence electrons. The van der Waals surface area contributed by atoms with Crippen LogP contribution in [0.3, 0.4) is 0 Å². The van der Waals surface area contributed by atoms with E-state index >= 15 is 0 Å². The van der Waals surface area contributed by atoms with Crippen LogP contribution in [0.4, 0.5) is 0 Å². The SMILES string of the molecule is c1ccc2c(c1)SCCC2NN1CCOCC1. The van der Waals surface area contributed by atoms with Crippen LogP contribution in [0.25, 0.3) is 0 Å². The average Bonchev–Trinajstić information content (AvgIpc) is 2.40. The van der Waals surface area contributed by atoms with Crippen molar-refractivity contribution in [3.8, 4) is 0 Å². The second kappa shape index (κ2) is 5.40. The smallest absolute Gasteiger partial charge is 0.0608 e. The number of thioether (sulfide) groups is 1. The molecule has 0 aromatic heterocycles. The Labute approximate surface area is 106 Å². The van der Waals surface area contributed by atoms with E-state index in [0.29, 0.717) is 6.04 Å². The lowest BCUT2D eigenvalue weighted by molar-refractivity contribution is 0.00273. The summed E-state index contributed by atoms with van der Waals surface area (Å²) in [5, 5.41) is 2.31. The number of hydrogen-bond acceptors (Lipinski definition) is 4. The summed E-state index contributed by atoms with van der Waals surface area (Å²) >= 11 is 1.97. The van der Waals surface area contributed by atoms with Gasteiger partial charge in [0.2, 0.25) is 0 Å². The Bertz CT molecular complexity index is 379. The highest BCUT2D eigenvalue weighted by Gasteiger charge is 2.22. The molecule has 1 N–H and O–H groups in total. The summed E-state index contributed by atoms with van der Waals surface area (Å²) in [6.45, 7) is 3.67. The Balaban J connectivity index is 1.71. The third-order valence-corrected chi connectivity index (χ3v) is 4.43. The highest BCUT2D eigenvalue weighted by molar-refractivity contribution is 7.99. The molecule has 1 atom stereocenters. The van der Waals surface area contributed by atoms with Gasteiger partial charge in [0, 0.05) is 24.0 Å². The van der Waals surface area contributed by atoms with Gasteiger partial charge in [0.05, 0.1) is 13.2 Å². The fourth-order valence-corrected chi connectivity index (χ4v) is 3.51. The average molecular weight is 250 g/mol. The first kappa shape index (κ1) is 11.5. The zero-order valence-corrected chi connectivity index (χ0v) is 10.7. The van der Waals surface area contributed by atoms with Crippen molar-refractivity contribution in [2.75, 3.05) is 32.1 Å². The number of ether oxygens (including phenoxy) is 1. The number of benzene rings is 1. The molecule has 1 aromatic rings. The molecule has 1 fully saturated rings. The Morgan fingerprint density at radius 2 is 2.06 bits per heavy atom. The summed E-state index contributed by atoms with van der Waals surface area (Å²) in [5.74, 6) is 1.21. The number of rotatable bonds is 2. The summed E-state index contributed by atoms with van der Waals surface area (Å²) in [5.41, 5.74) is 5.11. The maximum absolute atomic E-state index is 5.37. The third kappa shape index (κ3) is 2.65. The molecule has 2 heterocycles. The van der Waals surface area contributed by atoms with Crippen molar-refractivity contribution in [2.45, 2.75) is 17.4 Å². The van der Waals surface area contributed by atoms with Crippen molar-refractivity contribution in [3.63, 3.8) is 0 Å². The van der Waals surface area contributed by atoms with Gasteiger partial charge in [0.1, 0.15) is 0 Å². The van der Waals surface area contributed by atoms with Gasteiger partial charge in [0.15, 0.2) is 0 Å². The summed E-state index contributed by atoms with van der Waals surface area (Å²) in [7, 11) is 0. The van der Waals surface area contributed by atoms with Crippen molar-refractivity contribution in [2.24, 2.45) is 0 Å². The maximum Gasteiger partial charge on any atom is 0.0608 e. The van der Waals surface area contributed by atoms with E-state index in [0.717, 1.165) is 26.3 Å². The largest absolute Gasteiger partial charge is 0.379 e. The quantitative estimate of drug-likeness (QED) is 0.868. The lowest BCUT2D eigenvalue weighted by atomic mass is 10.0. The van der Waals surface area contributed by atoms with E-state index in [2.05, 4.69) is 34.7 Å². The highest BCUT2D eigenvalue weighted by atomic mass is 32.2. The Hall–Kier alpha value is -0.550. The van der Waals surface area contributed by atoms with Crippen LogP contribution >= 0.6 is 11.8 Å². The predicted molar refractivity (Wildman–Crippen MR) is 70.1 cm³/mol. The first-order chi connectivity index (χ1) is 8.43. The highest BCUT2D eigenvalue weighted by Crippen LogP contribution is 2.35. The predicted octanol–water partition coefficient (Wildman–Crippen LogP) is 2.06. The van der Waals surface area contributed by atoms with Crippen molar-refractivity contribution >= 4 is 11.8 Å². The van der Waals surface area contributed by atoms with E-state index in [9.17, 15) is 0 Å². The number of nitrogens with zero attached hydrogens (tertiary/aromatic N) is 1. The van der Waals surface area contributed by atoms with Gasteiger partial charge < -0.3 is 4.74 Å². The molecule has 0 spiro atoms. The van der Waals surface area contributed by atoms with E-state index in [-0.39, 0.29) is 0 Å².